The molecule has 0 saturated carbocycles. The second-order valence-electron chi connectivity index (χ2n) is 4.60. The number of benzene rings is 1. The molecule has 0 atom stereocenters. The Morgan fingerprint density at radius 2 is 1.61 bits per heavy atom. The molecule has 3 nitrogen and oxygen atoms in total. The third-order valence-electron chi connectivity index (χ3n) is 3.24. The first-order valence-corrected chi connectivity index (χ1v) is 5.96. The van der Waals surface area contributed by atoms with Gasteiger partial charge in [0.25, 0.3) is 0 Å². The fourth-order valence-electron chi connectivity index (χ4n) is 1.81. The highest BCUT2D eigenvalue weighted by atomic mass is 16.5. The summed E-state index contributed by atoms with van der Waals surface area (Å²) in [4.78, 5) is 4.20. The van der Waals surface area contributed by atoms with Gasteiger partial charge < -0.3 is 10.5 Å². The second kappa shape index (κ2) is 4.69. The largest absolute Gasteiger partial charge is 0.437 e. The summed E-state index contributed by atoms with van der Waals surface area (Å²) in [6.07, 6.45) is 1.71. The van der Waals surface area contributed by atoms with Crippen molar-refractivity contribution in [3.8, 4) is 11.6 Å². The molecule has 18 heavy (non-hydrogen) atoms. The van der Waals surface area contributed by atoms with Crippen molar-refractivity contribution in [2.45, 2.75) is 27.7 Å². The molecule has 3 heteroatoms. The Bertz CT molecular complexity index is 591. The maximum atomic E-state index is 5.98. The molecule has 1 aromatic carbocycles. The number of rotatable bonds is 2. The van der Waals surface area contributed by atoms with Crippen molar-refractivity contribution >= 4 is 5.69 Å². The molecule has 0 bridgehead atoms. The number of aryl methyl sites for hydroxylation is 3. The lowest BCUT2D eigenvalue weighted by Crippen LogP contribution is -2.00. The van der Waals surface area contributed by atoms with E-state index in [0.29, 0.717) is 11.6 Å². The topological polar surface area (TPSA) is 48.1 Å². The molecule has 0 aliphatic carbocycles. The van der Waals surface area contributed by atoms with Gasteiger partial charge in [0.2, 0.25) is 5.88 Å². The molecule has 0 aliphatic heterocycles. The third kappa shape index (κ3) is 2.16. The zero-order chi connectivity index (χ0) is 13.3. The molecule has 2 aromatic rings. The maximum absolute atomic E-state index is 5.98. The van der Waals surface area contributed by atoms with Gasteiger partial charge in [-0.15, -0.1) is 0 Å². The first-order chi connectivity index (χ1) is 8.50. The van der Waals surface area contributed by atoms with Gasteiger partial charge in [-0.3, -0.25) is 0 Å². The van der Waals surface area contributed by atoms with Crippen LogP contribution in [0, 0.1) is 27.7 Å². The van der Waals surface area contributed by atoms with Crippen molar-refractivity contribution in [3.05, 3.63) is 46.6 Å². The molecule has 0 radical (unpaired) electrons. The number of pyridine rings is 1. The molecule has 0 spiro atoms. The summed E-state index contributed by atoms with van der Waals surface area (Å²) < 4.78 is 5.90. The molecule has 0 fully saturated rings. The van der Waals surface area contributed by atoms with E-state index in [1.807, 2.05) is 32.9 Å². The monoisotopic (exact) mass is 242 g/mol. The van der Waals surface area contributed by atoms with Crippen molar-refractivity contribution in [1.29, 1.82) is 0 Å². The number of ether oxygens (including phenoxy) is 1. The normalized spacial score (nSPS) is 10.4. The minimum atomic E-state index is 0.479. The number of aromatic nitrogens is 1. The van der Waals surface area contributed by atoms with Crippen LogP contribution in [0.3, 0.4) is 0 Å². The molecule has 1 heterocycles. The molecule has 2 rings (SSSR count). The maximum Gasteiger partial charge on any atom is 0.242 e. The average molecular weight is 242 g/mol. The van der Waals surface area contributed by atoms with E-state index in [-0.39, 0.29) is 0 Å². The lowest BCUT2D eigenvalue weighted by atomic mass is 10.1. The highest BCUT2D eigenvalue weighted by molar-refractivity contribution is 5.56. The van der Waals surface area contributed by atoms with Crippen LogP contribution in [0.25, 0.3) is 0 Å². The van der Waals surface area contributed by atoms with Crippen LogP contribution in [0.4, 0.5) is 5.69 Å². The standard InChI is InChI=1S/C15H18N2O/c1-9-5-6-11(3)14(12(9)4)18-15-13(16)10(2)7-8-17-15/h5-8H,16H2,1-4H3. The van der Waals surface area contributed by atoms with Gasteiger partial charge in [-0.25, -0.2) is 4.98 Å². The summed E-state index contributed by atoms with van der Waals surface area (Å²) in [7, 11) is 0. The van der Waals surface area contributed by atoms with Crippen LogP contribution < -0.4 is 10.5 Å². The van der Waals surface area contributed by atoms with E-state index >= 15 is 0 Å². The minimum absolute atomic E-state index is 0.479. The number of nitrogen functional groups attached to an aromatic ring is 1. The van der Waals surface area contributed by atoms with Crippen LogP contribution in [0.15, 0.2) is 24.4 Å². The molecular weight excluding hydrogens is 224 g/mol. The van der Waals surface area contributed by atoms with Gasteiger partial charge in [0, 0.05) is 6.20 Å². The van der Waals surface area contributed by atoms with Crippen molar-refractivity contribution in [3.63, 3.8) is 0 Å². The van der Waals surface area contributed by atoms with E-state index in [2.05, 4.69) is 18.0 Å². The Morgan fingerprint density at radius 1 is 0.944 bits per heavy atom. The van der Waals surface area contributed by atoms with Crippen molar-refractivity contribution in [2.75, 3.05) is 5.73 Å². The van der Waals surface area contributed by atoms with E-state index in [0.717, 1.165) is 22.4 Å². The summed E-state index contributed by atoms with van der Waals surface area (Å²) in [6, 6.07) is 6.01. The molecule has 0 aliphatic rings. The summed E-state index contributed by atoms with van der Waals surface area (Å²) >= 11 is 0. The van der Waals surface area contributed by atoms with Crippen LogP contribution in [-0.2, 0) is 0 Å². The molecule has 0 amide bonds. The van der Waals surface area contributed by atoms with E-state index in [1.54, 1.807) is 6.20 Å². The second-order valence-corrected chi connectivity index (χ2v) is 4.60. The fourth-order valence-corrected chi connectivity index (χ4v) is 1.81. The summed E-state index contributed by atoms with van der Waals surface area (Å²) in [5.74, 6) is 1.33. The Morgan fingerprint density at radius 3 is 2.33 bits per heavy atom. The van der Waals surface area contributed by atoms with Gasteiger partial charge in [0.1, 0.15) is 5.75 Å². The quantitative estimate of drug-likeness (QED) is 0.873. The Kier molecular flexibility index (Phi) is 3.24. The van der Waals surface area contributed by atoms with Crippen molar-refractivity contribution in [1.82, 2.24) is 4.98 Å². The van der Waals surface area contributed by atoms with Gasteiger partial charge in [0.15, 0.2) is 0 Å². The number of hydrogen-bond donors (Lipinski definition) is 1. The molecular formula is C15H18N2O. The molecule has 1 aromatic heterocycles. The fraction of sp³-hybridized carbons (Fsp3) is 0.267. The van der Waals surface area contributed by atoms with Crippen molar-refractivity contribution < 1.29 is 4.74 Å². The summed E-state index contributed by atoms with van der Waals surface area (Å²) in [5.41, 5.74) is 11.0. The molecule has 2 N–H and O–H groups in total. The Balaban J connectivity index is 2.46. The van der Waals surface area contributed by atoms with E-state index in [4.69, 9.17) is 10.5 Å². The molecule has 0 unspecified atom stereocenters. The lowest BCUT2D eigenvalue weighted by Gasteiger charge is -2.14. The lowest BCUT2D eigenvalue weighted by molar-refractivity contribution is 0.457. The Labute approximate surface area is 108 Å². The predicted molar refractivity (Wildman–Crippen MR) is 74.1 cm³/mol. The van der Waals surface area contributed by atoms with Gasteiger partial charge in [0.05, 0.1) is 5.69 Å². The number of nitrogens with zero attached hydrogens (tertiary/aromatic N) is 1. The average Bonchev–Trinajstić information content (AvgIpc) is 2.35. The van der Waals surface area contributed by atoms with Crippen molar-refractivity contribution in [2.24, 2.45) is 0 Å². The SMILES string of the molecule is Cc1ccc(C)c(Oc2nccc(C)c2N)c1C. The van der Waals surface area contributed by atoms with Gasteiger partial charge in [-0.05, 0) is 56.0 Å². The number of hydrogen-bond acceptors (Lipinski definition) is 3. The highest BCUT2D eigenvalue weighted by Crippen LogP contribution is 2.32. The van der Waals surface area contributed by atoms with Gasteiger partial charge >= 0.3 is 0 Å². The summed E-state index contributed by atoms with van der Waals surface area (Å²) in [5, 5.41) is 0. The van der Waals surface area contributed by atoms with Crippen LogP contribution in [0.2, 0.25) is 0 Å². The zero-order valence-corrected chi connectivity index (χ0v) is 11.2. The first-order valence-electron chi connectivity index (χ1n) is 5.96. The minimum Gasteiger partial charge on any atom is -0.437 e. The molecule has 94 valence electrons. The predicted octanol–water partition coefficient (Wildman–Crippen LogP) is 3.69. The highest BCUT2D eigenvalue weighted by Gasteiger charge is 2.11. The first kappa shape index (κ1) is 12.4. The molecule has 0 saturated heterocycles. The van der Waals surface area contributed by atoms with Crippen LogP contribution in [0.1, 0.15) is 22.3 Å². The van der Waals surface area contributed by atoms with Gasteiger partial charge in [-0.1, -0.05) is 12.1 Å². The summed E-state index contributed by atoms with van der Waals surface area (Å²) in [6.45, 7) is 8.08. The number of anilines is 1. The van der Waals surface area contributed by atoms with Crippen LogP contribution in [-0.4, -0.2) is 4.98 Å². The third-order valence-corrected chi connectivity index (χ3v) is 3.24. The van der Waals surface area contributed by atoms with Crippen LogP contribution >= 0.6 is 0 Å². The zero-order valence-electron chi connectivity index (χ0n) is 11.2. The van der Waals surface area contributed by atoms with E-state index in [1.165, 1.54) is 5.56 Å². The number of nitrogens with two attached hydrogens (primary N) is 1. The van der Waals surface area contributed by atoms with Crippen LogP contribution in [0.5, 0.6) is 11.6 Å². The smallest absolute Gasteiger partial charge is 0.242 e. The van der Waals surface area contributed by atoms with Gasteiger partial charge in [-0.2, -0.15) is 0 Å². The van der Waals surface area contributed by atoms with E-state index in [9.17, 15) is 0 Å². The van der Waals surface area contributed by atoms with E-state index < -0.39 is 0 Å². The Hall–Kier alpha value is -2.03.